The highest BCUT2D eigenvalue weighted by Crippen LogP contribution is 2.59. The van der Waals surface area contributed by atoms with E-state index in [1.807, 2.05) is 6.07 Å². The lowest BCUT2D eigenvalue weighted by molar-refractivity contribution is -0.695. The summed E-state index contributed by atoms with van der Waals surface area (Å²) in [5, 5.41) is -2.02. The molecule has 0 aliphatic carbocycles. The molecule has 1 aromatic rings. The zero-order valence-corrected chi connectivity index (χ0v) is 18.6. The zero-order chi connectivity index (χ0) is 21.0. The highest BCUT2D eigenvalue weighted by molar-refractivity contribution is 7.70. The molecule has 1 rings (SSSR count). The van der Waals surface area contributed by atoms with Gasteiger partial charge in [0, 0.05) is 11.6 Å². The Labute approximate surface area is 168 Å². The minimum atomic E-state index is -4.91. The van der Waals surface area contributed by atoms with Gasteiger partial charge in [-0.15, -0.1) is 0 Å². The number of nitrogens with zero attached hydrogens (tertiary/aromatic N) is 1. The monoisotopic (exact) mass is 436 g/mol. The highest BCUT2D eigenvalue weighted by Gasteiger charge is 2.46. The molecule has 0 aliphatic rings. The quantitative estimate of drug-likeness (QED) is 0.187. The highest BCUT2D eigenvalue weighted by atomic mass is 31.2. The molecule has 0 amide bonds. The number of aromatic nitrogens is 1. The van der Waals surface area contributed by atoms with Gasteiger partial charge in [0.2, 0.25) is 5.40 Å². The van der Waals surface area contributed by atoms with E-state index in [0.717, 1.165) is 24.8 Å². The second-order valence-electron chi connectivity index (χ2n) is 7.50. The molecule has 0 saturated carbocycles. The van der Waals surface area contributed by atoms with Gasteiger partial charge in [0.15, 0.2) is 18.9 Å². The Morgan fingerprint density at radius 3 is 1.86 bits per heavy atom. The molecule has 0 fully saturated rings. The van der Waals surface area contributed by atoms with Gasteiger partial charge in [-0.25, -0.2) is 4.57 Å². The van der Waals surface area contributed by atoms with E-state index in [2.05, 4.69) is 6.92 Å². The van der Waals surface area contributed by atoms with Crippen molar-refractivity contribution in [2.24, 2.45) is 0 Å². The number of hydrogen-bond donors (Lipinski definition) is 4. The normalized spacial score (nSPS) is 12.6. The SMILES string of the molecule is CCCCCCCCCCCCc1ccc[n+](CC(P(=O)(O)O)P(=O)(O)O)c1. The van der Waals surface area contributed by atoms with Gasteiger partial charge in [0.25, 0.3) is 0 Å². The lowest BCUT2D eigenvalue weighted by atomic mass is 10.0. The maximum absolute atomic E-state index is 11.4. The molecule has 0 aromatic carbocycles. The van der Waals surface area contributed by atoms with E-state index in [1.165, 1.54) is 55.9 Å². The molecule has 0 saturated heterocycles. The summed E-state index contributed by atoms with van der Waals surface area (Å²) < 4.78 is 24.3. The van der Waals surface area contributed by atoms with Crippen LogP contribution in [0.25, 0.3) is 0 Å². The summed E-state index contributed by atoms with van der Waals surface area (Å²) in [5.41, 5.74) is 0.997. The standard InChI is InChI=1S/C19H35NO6P2/c1-2-3-4-5-6-7-8-9-10-11-13-18-14-12-15-20(16-18)17-19(27(21,22)23)28(24,25)26/h12,14-16,19H,2-11,13,17H2,1H3,(H3-,21,22,23,24,25,26)/p+1. The van der Waals surface area contributed by atoms with Crippen molar-refractivity contribution < 1.29 is 33.3 Å². The first-order valence-electron chi connectivity index (χ1n) is 10.2. The molecule has 0 aliphatic heterocycles. The predicted octanol–water partition coefficient (Wildman–Crippen LogP) is 4.12. The molecule has 0 atom stereocenters. The third-order valence-electron chi connectivity index (χ3n) is 4.89. The van der Waals surface area contributed by atoms with Crippen molar-refractivity contribution in [2.45, 2.75) is 89.5 Å². The maximum atomic E-state index is 11.4. The number of rotatable bonds is 15. The molecule has 0 spiro atoms. The van der Waals surface area contributed by atoms with Crippen molar-refractivity contribution in [3.63, 3.8) is 0 Å². The van der Waals surface area contributed by atoms with Crippen molar-refractivity contribution in [3.8, 4) is 0 Å². The third-order valence-corrected chi connectivity index (χ3v) is 8.57. The van der Waals surface area contributed by atoms with Gasteiger partial charge in [-0.05, 0) is 18.9 Å². The molecule has 0 unspecified atom stereocenters. The van der Waals surface area contributed by atoms with Crippen LogP contribution in [0, 0.1) is 0 Å². The molecular formula is C19H36NO6P2+. The van der Waals surface area contributed by atoms with Crippen molar-refractivity contribution in [1.82, 2.24) is 0 Å². The summed E-state index contributed by atoms with van der Waals surface area (Å²) in [5.74, 6) is 0. The van der Waals surface area contributed by atoms with Crippen LogP contribution in [0.15, 0.2) is 24.5 Å². The average molecular weight is 436 g/mol. The van der Waals surface area contributed by atoms with Crippen LogP contribution in [-0.4, -0.2) is 25.0 Å². The fourth-order valence-corrected chi connectivity index (χ4v) is 5.62. The van der Waals surface area contributed by atoms with Crippen LogP contribution >= 0.6 is 15.2 Å². The van der Waals surface area contributed by atoms with Gasteiger partial charge in [0.05, 0.1) is 0 Å². The van der Waals surface area contributed by atoms with Crippen LogP contribution < -0.4 is 4.57 Å². The fourth-order valence-electron chi connectivity index (χ4n) is 3.25. The van der Waals surface area contributed by atoms with Crippen molar-refractivity contribution in [1.29, 1.82) is 0 Å². The Kier molecular flexibility index (Phi) is 11.7. The summed E-state index contributed by atoms with van der Waals surface area (Å²) in [6, 6.07) is 3.66. The van der Waals surface area contributed by atoms with Gasteiger partial charge in [-0.2, -0.15) is 0 Å². The van der Waals surface area contributed by atoms with Gasteiger partial charge >= 0.3 is 15.2 Å². The molecule has 162 valence electrons. The van der Waals surface area contributed by atoms with E-state index in [0.29, 0.717) is 0 Å². The molecular weight excluding hydrogens is 400 g/mol. The molecule has 1 heterocycles. The second-order valence-corrected chi connectivity index (χ2v) is 11.5. The lowest BCUT2D eigenvalue weighted by Crippen LogP contribution is -2.39. The van der Waals surface area contributed by atoms with Gasteiger partial charge < -0.3 is 19.6 Å². The average Bonchev–Trinajstić information content (AvgIpc) is 2.60. The molecule has 4 N–H and O–H groups in total. The molecule has 0 radical (unpaired) electrons. The minimum Gasteiger partial charge on any atom is -0.324 e. The molecule has 28 heavy (non-hydrogen) atoms. The Hall–Kier alpha value is -0.550. The first-order chi connectivity index (χ1) is 13.1. The van der Waals surface area contributed by atoms with Crippen LogP contribution in [0.3, 0.4) is 0 Å². The van der Waals surface area contributed by atoms with Crippen molar-refractivity contribution in [2.75, 3.05) is 0 Å². The van der Waals surface area contributed by atoms with E-state index in [1.54, 1.807) is 18.5 Å². The van der Waals surface area contributed by atoms with Crippen LogP contribution in [0.2, 0.25) is 0 Å². The summed E-state index contributed by atoms with van der Waals surface area (Å²) in [6.07, 6.45) is 16.7. The van der Waals surface area contributed by atoms with E-state index >= 15 is 0 Å². The Balaban J connectivity index is 2.37. The van der Waals surface area contributed by atoms with Gasteiger partial charge in [-0.3, -0.25) is 9.13 Å². The summed E-state index contributed by atoms with van der Waals surface area (Å²) in [6.45, 7) is 1.81. The minimum absolute atomic E-state index is 0.416. The van der Waals surface area contributed by atoms with E-state index in [4.69, 9.17) is 0 Å². The summed E-state index contributed by atoms with van der Waals surface area (Å²) >= 11 is 0. The maximum Gasteiger partial charge on any atom is 0.347 e. The third kappa shape index (κ3) is 10.8. The topological polar surface area (TPSA) is 119 Å². The molecule has 0 bridgehead atoms. The number of hydrogen-bond acceptors (Lipinski definition) is 2. The van der Waals surface area contributed by atoms with Crippen LogP contribution in [0.4, 0.5) is 0 Å². The zero-order valence-electron chi connectivity index (χ0n) is 16.8. The summed E-state index contributed by atoms with van der Waals surface area (Å²) in [7, 11) is -9.82. The van der Waals surface area contributed by atoms with Crippen LogP contribution in [0.1, 0.15) is 76.7 Å². The Bertz CT molecular complexity index is 636. The lowest BCUT2D eigenvalue weighted by Gasteiger charge is -2.16. The fraction of sp³-hybridized carbons (Fsp3) is 0.737. The predicted molar refractivity (Wildman–Crippen MR) is 110 cm³/mol. The van der Waals surface area contributed by atoms with Gasteiger partial charge in [0.1, 0.15) is 0 Å². The van der Waals surface area contributed by atoms with Crippen molar-refractivity contribution >= 4 is 15.2 Å². The molecule has 9 heteroatoms. The van der Waals surface area contributed by atoms with E-state index < -0.39 is 27.1 Å². The first-order valence-corrected chi connectivity index (χ1v) is 13.6. The van der Waals surface area contributed by atoms with Crippen LogP contribution in [0.5, 0.6) is 0 Å². The second kappa shape index (κ2) is 12.9. The number of pyridine rings is 1. The largest absolute Gasteiger partial charge is 0.347 e. The van der Waals surface area contributed by atoms with E-state index in [-0.39, 0.29) is 0 Å². The smallest absolute Gasteiger partial charge is 0.324 e. The number of unbranched alkanes of at least 4 members (excludes halogenated alkanes) is 9. The van der Waals surface area contributed by atoms with Crippen LogP contribution in [-0.2, 0) is 22.1 Å². The van der Waals surface area contributed by atoms with Gasteiger partial charge in [-0.1, -0.05) is 64.7 Å². The Morgan fingerprint density at radius 2 is 1.36 bits per heavy atom. The Morgan fingerprint density at radius 1 is 0.857 bits per heavy atom. The number of aryl methyl sites for hydroxylation is 1. The molecule has 7 nitrogen and oxygen atoms in total. The first kappa shape index (κ1) is 25.5. The molecule has 1 aromatic heterocycles. The summed E-state index contributed by atoms with van der Waals surface area (Å²) in [4.78, 5) is 37.0. The van der Waals surface area contributed by atoms with Crippen molar-refractivity contribution in [3.05, 3.63) is 30.1 Å². The van der Waals surface area contributed by atoms with E-state index in [9.17, 15) is 28.7 Å².